The van der Waals surface area contributed by atoms with Crippen molar-refractivity contribution in [2.75, 3.05) is 6.61 Å². The highest BCUT2D eigenvalue weighted by Gasteiger charge is 2.22. The molecule has 1 aliphatic carbocycles. The van der Waals surface area contributed by atoms with Crippen molar-refractivity contribution in [1.82, 2.24) is 24.9 Å². The van der Waals surface area contributed by atoms with Gasteiger partial charge in [0.15, 0.2) is 5.82 Å². The van der Waals surface area contributed by atoms with Crippen LogP contribution in [0.2, 0.25) is 0 Å². The van der Waals surface area contributed by atoms with Crippen LogP contribution in [0, 0.1) is 0 Å². The molecule has 0 bridgehead atoms. The molecule has 5 rings (SSSR count). The van der Waals surface area contributed by atoms with Crippen molar-refractivity contribution < 1.29 is 4.74 Å². The van der Waals surface area contributed by atoms with E-state index in [1.54, 1.807) is 30.1 Å². The molecule has 0 aliphatic heterocycles. The summed E-state index contributed by atoms with van der Waals surface area (Å²) in [5.41, 5.74) is 3.49. The molecule has 0 fully saturated rings. The number of imidazole rings is 1. The highest BCUT2D eigenvalue weighted by atomic mass is 32.1. The lowest BCUT2D eigenvalue weighted by Gasteiger charge is -2.13. The lowest BCUT2D eigenvalue weighted by molar-refractivity contribution is 0.302. The van der Waals surface area contributed by atoms with Crippen LogP contribution in [0.15, 0.2) is 37.1 Å². The van der Waals surface area contributed by atoms with Gasteiger partial charge in [-0.3, -0.25) is 4.98 Å². The van der Waals surface area contributed by atoms with Crippen LogP contribution in [-0.2, 0) is 19.3 Å². The first kappa shape index (κ1) is 17.3. The van der Waals surface area contributed by atoms with Gasteiger partial charge in [0.1, 0.15) is 4.83 Å². The molecule has 4 aromatic rings. The molecule has 0 amide bonds. The van der Waals surface area contributed by atoms with Crippen LogP contribution in [0.3, 0.4) is 0 Å². The minimum atomic E-state index is 0.617. The molecule has 6 nitrogen and oxygen atoms in total. The molecule has 142 valence electrons. The van der Waals surface area contributed by atoms with Gasteiger partial charge in [-0.1, -0.05) is 0 Å². The maximum Gasteiger partial charge on any atom is 0.226 e. The average Bonchev–Trinajstić information content (AvgIpc) is 3.39. The molecule has 0 saturated heterocycles. The van der Waals surface area contributed by atoms with E-state index < -0.39 is 0 Å². The van der Waals surface area contributed by atoms with Gasteiger partial charge in [-0.15, -0.1) is 11.3 Å². The van der Waals surface area contributed by atoms with E-state index in [-0.39, 0.29) is 0 Å². The highest BCUT2D eigenvalue weighted by molar-refractivity contribution is 7.18. The summed E-state index contributed by atoms with van der Waals surface area (Å²) in [6, 6.07) is 3.88. The zero-order valence-corrected chi connectivity index (χ0v) is 16.3. The van der Waals surface area contributed by atoms with Crippen LogP contribution >= 0.6 is 11.3 Å². The number of thiophene rings is 1. The third-order valence-corrected chi connectivity index (χ3v) is 6.29. The number of hydrogen-bond acceptors (Lipinski definition) is 6. The van der Waals surface area contributed by atoms with Gasteiger partial charge in [0.05, 0.1) is 18.3 Å². The van der Waals surface area contributed by atoms with E-state index in [0.29, 0.717) is 12.4 Å². The summed E-state index contributed by atoms with van der Waals surface area (Å²) in [6.07, 6.45) is 13.6. The van der Waals surface area contributed by atoms with Gasteiger partial charge in [0.25, 0.3) is 0 Å². The monoisotopic (exact) mass is 391 g/mol. The molecule has 0 unspecified atom stereocenters. The fourth-order valence-electron chi connectivity index (χ4n) is 3.71. The Morgan fingerprint density at radius 2 is 1.96 bits per heavy atom. The van der Waals surface area contributed by atoms with E-state index in [9.17, 15) is 0 Å². The Morgan fingerprint density at radius 3 is 2.82 bits per heavy atom. The van der Waals surface area contributed by atoms with E-state index in [1.165, 1.54) is 23.3 Å². The zero-order chi connectivity index (χ0) is 18.8. The number of pyridine rings is 1. The Kier molecular flexibility index (Phi) is 4.74. The molecule has 1 aliphatic rings. The van der Waals surface area contributed by atoms with E-state index in [0.717, 1.165) is 53.0 Å². The van der Waals surface area contributed by atoms with Crippen LogP contribution in [-0.4, -0.2) is 31.5 Å². The second-order valence-electron chi connectivity index (χ2n) is 7.01. The van der Waals surface area contributed by atoms with Gasteiger partial charge in [0.2, 0.25) is 5.88 Å². The Labute approximate surface area is 167 Å². The van der Waals surface area contributed by atoms with Gasteiger partial charge >= 0.3 is 0 Å². The molecule has 0 radical (unpaired) electrons. The Morgan fingerprint density at radius 1 is 1.07 bits per heavy atom. The first-order chi connectivity index (χ1) is 13.9. The van der Waals surface area contributed by atoms with Crippen LogP contribution in [0.25, 0.3) is 21.6 Å². The van der Waals surface area contributed by atoms with Crippen molar-refractivity contribution in [2.45, 2.75) is 38.5 Å². The second-order valence-corrected chi connectivity index (χ2v) is 8.09. The van der Waals surface area contributed by atoms with Gasteiger partial charge in [-0.2, -0.15) is 4.98 Å². The van der Waals surface area contributed by atoms with Crippen molar-refractivity contribution in [2.24, 2.45) is 0 Å². The van der Waals surface area contributed by atoms with Gasteiger partial charge in [-0.05, 0) is 56.2 Å². The molecular weight excluding hydrogens is 370 g/mol. The van der Waals surface area contributed by atoms with Crippen LogP contribution in [0.5, 0.6) is 5.88 Å². The van der Waals surface area contributed by atoms with Gasteiger partial charge in [-0.25, -0.2) is 9.97 Å². The van der Waals surface area contributed by atoms with Crippen molar-refractivity contribution in [1.29, 1.82) is 0 Å². The fourth-order valence-corrected chi connectivity index (χ4v) is 4.96. The van der Waals surface area contributed by atoms with E-state index in [2.05, 4.69) is 15.0 Å². The average molecular weight is 392 g/mol. The summed E-state index contributed by atoms with van der Waals surface area (Å²) in [6.45, 7) is 0.617. The first-order valence-electron chi connectivity index (χ1n) is 9.71. The number of H-pyrrole nitrogens is 1. The minimum Gasteiger partial charge on any atom is -0.477 e. The summed E-state index contributed by atoms with van der Waals surface area (Å²) >= 11 is 1.80. The third-order valence-electron chi connectivity index (χ3n) is 5.10. The van der Waals surface area contributed by atoms with Crippen molar-refractivity contribution >= 4 is 21.6 Å². The molecule has 0 atom stereocenters. The molecule has 28 heavy (non-hydrogen) atoms. The van der Waals surface area contributed by atoms with E-state index >= 15 is 0 Å². The number of aromatic amines is 1. The van der Waals surface area contributed by atoms with E-state index in [1.807, 2.05) is 18.3 Å². The van der Waals surface area contributed by atoms with Gasteiger partial charge in [0, 0.05) is 34.7 Å². The number of aryl methyl sites for hydroxylation is 3. The molecule has 1 N–H and O–H groups in total. The summed E-state index contributed by atoms with van der Waals surface area (Å²) in [5, 5.41) is 1.12. The van der Waals surface area contributed by atoms with E-state index in [4.69, 9.17) is 14.7 Å². The minimum absolute atomic E-state index is 0.617. The van der Waals surface area contributed by atoms with Crippen LogP contribution in [0.1, 0.15) is 35.4 Å². The standard InChI is InChI=1S/C21H21N5OS/c1-2-6-17-16(5-1)18-20(27-11-3-4-15-12-23-13-24-15)25-19(26-21(18)28-17)14-7-9-22-10-8-14/h7-10,12-13H,1-6,11H2,(H,23,24). The van der Waals surface area contributed by atoms with Crippen molar-refractivity contribution in [3.63, 3.8) is 0 Å². The quantitative estimate of drug-likeness (QED) is 0.494. The number of hydrogen-bond donors (Lipinski definition) is 1. The summed E-state index contributed by atoms with van der Waals surface area (Å²) in [5.74, 6) is 1.43. The Bertz CT molecular complexity index is 1080. The highest BCUT2D eigenvalue weighted by Crippen LogP contribution is 2.40. The normalized spacial score (nSPS) is 13.6. The topological polar surface area (TPSA) is 76.6 Å². The molecule has 0 aromatic carbocycles. The Balaban J connectivity index is 1.48. The molecule has 7 heteroatoms. The smallest absolute Gasteiger partial charge is 0.226 e. The number of nitrogens with one attached hydrogen (secondary N) is 1. The molecule has 4 heterocycles. The maximum atomic E-state index is 6.21. The number of aromatic nitrogens is 5. The lowest BCUT2D eigenvalue weighted by atomic mass is 9.97. The first-order valence-corrected chi connectivity index (χ1v) is 10.5. The van der Waals surface area contributed by atoms with Crippen molar-refractivity contribution in [3.8, 4) is 17.3 Å². The lowest BCUT2D eigenvalue weighted by Crippen LogP contribution is -2.05. The SMILES string of the molecule is c1cc(-c2nc(OCCCc3cnc[nH]3)c3c4c(sc3n2)CCCC4)ccn1. The zero-order valence-electron chi connectivity index (χ0n) is 15.5. The fraction of sp³-hybridized carbons (Fsp3) is 0.333. The predicted molar refractivity (Wildman–Crippen MR) is 110 cm³/mol. The summed E-state index contributed by atoms with van der Waals surface area (Å²) in [4.78, 5) is 23.5. The third kappa shape index (κ3) is 3.38. The summed E-state index contributed by atoms with van der Waals surface area (Å²) in [7, 11) is 0. The van der Waals surface area contributed by atoms with Crippen molar-refractivity contribution in [3.05, 3.63) is 53.2 Å². The second kappa shape index (κ2) is 7.67. The molecular formula is C21H21N5OS. The molecule has 0 spiro atoms. The number of ether oxygens (including phenoxy) is 1. The van der Waals surface area contributed by atoms with Gasteiger partial charge < -0.3 is 9.72 Å². The number of fused-ring (bicyclic) bond motifs is 3. The Hall–Kier alpha value is -2.80. The summed E-state index contributed by atoms with van der Waals surface area (Å²) < 4.78 is 6.21. The largest absolute Gasteiger partial charge is 0.477 e. The number of rotatable bonds is 6. The molecule has 4 aromatic heterocycles. The number of nitrogens with zero attached hydrogens (tertiary/aromatic N) is 4. The molecule has 0 saturated carbocycles. The van der Waals surface area contributed by atoms with Crippen LogP contribution in [0.4, 0.5) is 0 Å². The predicted octanol–water partition coefficient (Wildman–Crippen LogP) is 4.37. The maximum absolute atomic E-state index is 6.21. The van der Waals surface area contributed by atoms with Crippen LogP contribution < -0.4 is 4.74 Å².